The van der Waals surface area contributed by atoms with E-state index in [-0.39, 0.29) is 30.7 Å². The summed E-state index contributed by atoms with van der Waals surface area (Å²) in [4.78, 5) is 30.4. The number of carbonyl (C=O) groups excluding carboxylic acids is 1. The SMILES string of the molecule is O=C(NCc1nn(Cc2ccccn2)c(=O)c2ccccc12)NC(c1ccccc1)c1ccccc1. The highest BCUT2D eigenvalue weighted by atomic mass is 16.2. The van der Waals surface area contributed by atoms with Gasteiger partial charge in [0.05, 0.1) is 35.9 Å². The largest absolute Gasteiger partial charge is 0.332 e. The first kappa shape index (κ1) is 23.0. The summed E-state index contributed by atoms with van der Waals surface area (Å²) in [6.07, 6.45) is 1.68. The number of urea groups is 1. The summed E-state index contributed by atoms with van der Waals surface area (Å²) in [6.45, 7) is 0.402. The molecule has 7 heteroatoms. The molecule has 0 atom stereocenters. The first-order chi connectivity index (χ1) is 17.7. The molecule has 0 spiro atoms. The summed E-state index contributed by atoms with van der Waals surface area (Å²) in [7, 11) is 0. The van der Waals surface area contributed by atoms with Gasteiger partial charge < -0.3 is 10.6 Å². The Labute approximate surface area is 208 Å². The molecule has 36 heavy (non-hydrogen) atoms. The summed E-state index contributed by atoms with van der Waals surface area (Å²) < 4.78 is 1.40. The van der Waals surface area contributed by atoms with Gasteiger partial charge in [0.2, 0.25) is 0 Å². The number of nitrogens with one attached hydrogen (secondary N) is 2. The predicted octanol–water partition coefficient (Wildman–Crippen LogP) is 4.43. The normalized spacial score (nSPS) is 10.9. The summed E-state index contributed by atoms with van der Waals surface area (Å²) in [5.41, 5.74) is 3.09. The zero-order valence-electron chi connectivity index (χ0n) is 19.5. The van der Waals surface area contributed by atoms with E-state index in [1.165, 1.54) is 4.68 Å². The highest BCUT2D eigenvalue weighted by Gasteiger charge is 2.17. The Morgan fingerprint density at radius 1 is 0.778 bits per heavy atom. The van der Waals surface area contributed by atoms with Crippen molar-refractivity contribution in [3.05, 3.63) is 142 Å². The summed E-state index contributed by atoms with van der Waals surface area (Å²) >= 11 is 0. The number of amides is 2. The second-order valence-electron chi connectivity index (χ2n) is 8.36. The van der Waals surface area contributed by atoms with Crippen molar-refractivity contribution in [2.24, 2.45) is 0 Å². The molecule has 0 radical (unpaired) electrons. The summed E-state index contributed by atoms with van der Waals surface area (Å²) in [5, 5.41) is 11.8. The highest BCUT2D eigenvalue weighted by Crippen LogP contribution is 2.21. The minimum absolute atomic E-state index is 0.158. The van der Waals surface area contributed by atoms with Gasteiger partial charge in [-0.2, -0.15) is 5.10 Å². The van der Waals surface area contributed by atoms with Crippen LogP contribution in [0.3, 0.4) is 0 Å². The number of hydrogen-bond donors (Lipinski definition) is 2. The third-order valence-corrected chi connectivity index (χ3v) is 5.94. The van der Waals surface area contributed by atoms with Crippen molar-refractivity contribution in [1.82, 2.24) is 25.4 Å². The van der Waals surface area contributed by atoms with Gasteiger partial charge in [-0.25, -0.2) is 9.48 Å². The quantitative estimate of drug-likeness (QED) is 0.365. The fraction of sp³-hybridized carbons (Fsp3) is 0.103. The van der Waals surface area contributed by atoms with Crippen LogP contribution in [0, 0.1) is 0 Å². The molecule has 0 fully saturated rings. The van der Waals surface area contributed by atoms with Crippen LogP contribution in [0.2, 0.25) is 0 Å². The Hall–Kier alpha value is -4.78. The van der Waals surface area contributed by atoms with Crippen LogP contribution >= 0.6 is 0 Å². The van der Waals surface area contributed by atoms with Crippen molar-refractivity contribution in [2.45, 2.75) is 19.1 Å². The van der Waals surface area contributed by atoms with Crippen molar-refractivity contribution < 1.29 is 4.79 Å². The summed E-state index contributed by atoms with van der Waals surface area (Å²) in [6, 6.07) is 31.8. The van der Waals surface area contributed by atoms with Gasteiger partial charge in [0.25, 0.3) is 5.56 Å². The van der Waals surface area contributed by atoms with Gasteiger partial charge in [0.1, 0.15) is 0 Å². The molecule has 3 aromatic carbocycles. The number of carbonyl (C=O) groups is 1. The number of benzene rings is 3. The van der Waals surface area contributed by atoms with Crippen molar-refractivity contribution in [3.8, 4) is 0 Å². The molecule has 0 aliphatic carbocycles. The third-order valence-electron chi connectivity index (χ3n) is 5.94. The maximum Gasteiger partial charge on any atom is 0.315 e. The molecule has 0 saturated carbocycles. The molecule has 5 aromatic rings. The van der Waals surface area contributed by atoms with Gasteiger partial charge >= 0.3 is 6.03 Å². The first-order valence-electron chi connectivity index (χ1n) is 11.7. The average Bonchev–Trinajstić information content (AvgIpc) is 2.94. The highest BCUT2D eigenvalue weighted by molar-refractivity contribution is 5.84. The summed E-state index contributed by atoms with van der Waals surface area (Å²) in [5.74, 6) is 0. The van der Waals surface area contributed by atoms with E-state index in [9.17, 15) is 9.59 Å². The molecule has 2 heterocycles. The van der Waals surface area contributed by atoms with Crippen LogP contribution in [0.1, 0.15) is 28.6 Å². The van der Waals surface area contributed by atoms with Crippen molar-refractivity contribution in [3.63, 3.8) is 0 Å². The van der Waals surface area contributed by atoms with E-state index >= 15 is 0 Å². The Balaban J connectivity index is 1.39. The molecule has 178 valence electrons. The molecule has 5 rings (SSSR count). The second-order valence-corrected chi connectivity index (χ2v) is 8.36. The maximum atomic E-state index is 13.1. The number of fused-ring (bicyclic) bond motifs is 1. The Kier molecular flexibility index (Phi) is 6.80. The van der Waals surface area contributed by atoms with Crippen molar-refractivity contribution >= 4 is 16.8 Å². The molecule has 7 nitrogen and oxygen atoms in total. The van der Waals surface area contributed by atoms with E-state index in [0.29, 0.717) is 16.5 Å². The van der Waals surface area contributed by atoms with Crippen LogP contribution in [-0.2, 0) is 13.1 Å². The van der Waals surface area contributed by atoms with Crippen molar-refractivity contribution in [2.75, 3.05) is 0 Å². The topological polar surface area (TPSA) is 88.9 Å². The smallest absolute Gasteiger partial charge is 0.315 e. The predicted molar refractivity (Wildman–Crippen MR) is 139 cm³/mol. The van der Waals surface area contributed by atoms with Crippen molar-refractivity contribution in [1.29, 1.82) is 0 Å². The average molecular weight is 476 g/mol. The fourth-order valence-corrected chi connectivity index (χ4v) is 4.18. The van der Waals surface area contributed by atoms with Gasteiger partial charge in [-0.05, 0) is 29.3 Å². The molecule has 0 aliphatic rings. The number of rotatable bonds is 7. The number of nitrogens with zero attached hydrogens (tertiary/aromatic N) is 3. The van der Waals surface area contributed by atoms with E-state index in [2.05, 4.69) is 20.7 Å². The Bertz CT molecular complexity index is 1480. The Morgan fingerprint density at radius 3 is 2.03 bits per heavy atom. The molecular weight excluding hydrogens is 450 g/mol. The molecule has 0 saturated heterocycles. The van der Waals surface area contributed by atoms with E-state index in [0.717, 1.165) is 16.8 Å². The zero-order chi connectivity index (χ0) is 24.7. The molecule has 0 unspecified atom stereocenters. The van der Waals surface area contributed by atoms with Crippen LogP contribution < -0.4 is 16.2 Å². The number of hydrogen-bond acceptors (Lipinski definition) is 4. The maximum absolute atomic E-state index is 13.1. The zero-order valence-corrected chi connectivity index (χ0v) is 19.5. The lowest BCUT2D eigenvalue weighted by Gasteiger charge is -2.20. The molecule has 0 bridgehead atoms. The number of aromatic nitrogens is 3. The fourth-order valence-electron chi connectivity index (χ4n) is 4.18. The van der Waals surface area contributed by atoms with Gasteiger partial charge in [0, 0.05) is 11.6 Å². The lowest BCUT2D eigenvalue weighted by molar-refractivity contribution is 0.238. The number of pyridine rings is 1. The minimum atomic E-state index is -0.332. The third kappa shape index (κ3) is 5.15. The van der Waals surface area contributed by atoms with Crippen LogP contribution in [0.25, 0.3) is 10.8 Å². The van der Waals surface area contributed by atoms with Crippen LogP contribution in [0.5, 0.6) is 0 Å². The molecule has 2 aromatic heterocycles. The first-order valence-corrected chi connectivity index (χ1v) is 11.7. The monoisotopic (exact) mass is 475 g/mol. The lowest BCUT2D eigenvalue weighted by atomic mass is 9.99. The minimum Gasteiger partial charge on any atom is -0.332 e. The second kappa shape index (κ2) is 10.7. The van der Waals surface area contributed by atoms with E-state index < -0.39 is 0 Å². The Morgan fingerprint density at radius 2 is 1.39 bits per heavy atom. The molecule has 0 aliphatic heterocycles. The van der Waals surface area contributed by atoms with Crippen LogP contribution in [-0.4, -0.2) is 20.8 Å². The van der Waals surface area contributed by atoms with Gasteiger partial charge in [-0.15, -0.1) is 0 Å². The van der Waals surface area contributed by atoms with Gasteiger partial charge in [0.15, 0.2) is 0 Å². The van der Waals surface area contributed by atoms with E-state index in [1.54, 1.807) is 12.3 Å². The molecular formula is C29H25N5O2. The van der Waals surface area contributed by atoms with E-state index in [1.807, 2.05) is 97.1 Å². The van der Waals surface area contributed by atoms with E-state index in [4.69, 9.17) is 0 Å². The molecule has 2 N–H and O–H groups in total. The van der Waals surface area contributed by atoms with Gasteiger partial charge in [-0.3, -0.25) is 9.78 Å². The van der Waals surface area contributed by atoms with Crippen LogP contribution in [0.4, 0.5) is 4.79 Å². The lowest BCUT2D eigenvalue weighted by Crippen LogP contribution is -2.38. The van der Waals surface area contributed by atoms with Gasteiger partial charge in [-0.1, -0.05) is 84.9 Å². The molecule has 2 amide bonds. The van der Waals surface area contributed by atoms with Crippen LogP contribution in [0.15, 0.2) is 114 Å². The standard InChI is InChI=1S/C29H25N5O2/c35-28-25-17-8-7-16-24(25)26(33-34(28)20-23-15-9-10-18-30-23)19-31-29(36)32-27(21-11-3-1-4-12-21)22-13-5-2-6-14-22/h1-18,27H,19-20H2,(H2,31,32,36).